The number of aliphatic carboxylic acids is 1. The van der Waals surface area contributed by atoms with E-state index in [4.69, 9.17) is 5.11 Å². The van der Waals surface area contributed by atoms with Crippen LogP contribution in [0, 0.1) is 5.92 Å². The van der Waals surface area contributed by atoms with Crippen molar-refractivity contribution < 1.29 is 14.7 Å². The maximum absolute atomic E-state index is 12.5. The van der Waals surface area contributed by atoms with Crippen LogP contribution >= 0.6 is 0 Å². The molecule has 0 bridgehead atoms. The van der Waals surface area contributed by atoms with Crippen LogP contribution in [-0.4, -0.2) is 35.0 Å². The van der Waals surface area contributed by atoms with Crippen LogP contribution in [0.3, 0.4) is 0 Å². The highest BCUT2D eigenvalue weighted by Crippen LogP contribution is 2.26. The third kappa shape index (κ3) is 4.09. The number of hydrogen-bond donors (Lipinski definition) is 1. The lowest BCUT2D eigenvalue weighted by Gasteiger charge is -2.27. The number of rotatable bonds is 6. The molecule has 1 N–H and O–H groups in total. The minimum Gasteiger partial charge on any atom is -0.480 e. The van der Waals surface area contributed by atoms with Gasteiger partial charge in [0.2, 0.25) is 5.91 Å². The zero-order chi connectivity index (χ0) is 14.4. The van der Waals surface area contributed by atoms with Gasteiger partial charge in [-0.25, -0.2) is 0 Å². The minimum absolute atomic E-state index is 0.119. The molecule has 0 aliphatic heterocycles. The number of benzene rings is 1. The van der Waals surface area contributed by atoms with Gasteiger partial charge < -0.3 is 10.0 Å². The predicted octanol–water partition coefficient (Wildman–Crippen LogP) is 2.36. The number of carboxylic acid groups (broad SMARTS) is 1. The summed E-state index contributed by atoms with van der Waals surface area (Å²) >= 11 is 0. The average Bonchev–Trinajstić information content (AvgIpc) is 2.36. The first-order valence-corrected chi connectivity index (χ1v) is 6.52. The van der Waals surface area contributed by atoms with E-state index in [1.807, 2.05) is 44.2 Å². The topological polar surface area (TPSA) is 57.6 Å². The molecule has 1 rings (SSSR count). The first kappa shape index (κ1) is 15.2. The molecule has 0 aliphatic rings. The lowest BCUT2D eigenvalue weighted by molar-refractivity contribution is -0.145. The van der Waals surface area contributed by atoms with E-state index in [9.17, 15) is 9.59 Å². The highest BCUT2D eigenvalue weighted by atomic mass is 16.4. The van der Waals surface area contributed by atoms with Crippen molar-refractivity contribution in [1.29, 1.82) is 0 Å². The Morgan fingerprint density at radius 1 is 1.21 bits per heavy atom. The van der Waals surface area contributed by atoms with Crippen molar-refractivity contribution in [3.8, 4) is 0 Å². The average molecular weight is 263 g/mol. The van der Waals surface area contributed by atoms with Crippen molar-refractivity contribution in [3.63, 3.8) is 0 Å². The summed E-state index contributed by atoms with van der Waals surface area (Å²) in [5, 5.41) is 8.86. The molecular formula is C15H21NO3. The Morgan fingerprint density at radius 2 is 1.79 bits per heavy atom. The molecule has 0 saturated heterocycles. The van der Waals surface area contributed by atoms with Crippen molar-refractivity contribution >= 4 is 11.9 Å². The summed E-state index contributed by atoms with van der Waals surface area (Å²) in [4.78, 5) is 24.7. The molecule has 1 atom stereocenters. The van der Waals surface area contributed by atoms with Crippen molar-refractivity contribution in [2.45, 2.75) is 26.7 Å². The third-order valence-corrected chi connectivity index (χ3v) is 3.11. The van der Waals surface area contributed by atoms with Gasteiger partial charge in [-0.15, -0.1) is 0 Å². The molecule has 0 heterocycles. The molecule has 0 fully saturated rings. The summed E-state index contributed by atoms with van der Waals surface area (Å²) in [7, 11) is 0. The lowest BCUT2D eigenvalue weighted by atomic mass is 9.87. The molecule has 4 heteroatoms. The van der Waals surface area contributed by atoms with E-state index in [1.165, 1.54) is 4.90 Å². The molecule has 1 amide bonds. The number of amides is 1. The number of hydrogen-bond acceptors (Lipinski definition) is 2. The Morgan fingerprint density at radius 3 is 2.21 bits per heavy atom. The Kier molecular flexibility index (Phi) is 5.55. The van der Waals surface area contributed by atoms with Gasteiger partial charge in [0, 0.05) is 6.54 Å². The van der Waals surface area contributed by atoms with Crippen molar-refractivity contribution in [2.75, 3.05) is 13.1 Å². The number of nitrogens with zero attached hydrogens (tertiary/aromatic N) is 1. The standard InChI is InChI=1S/C15H21NO3/c1-4-16(10-13(17)18)15(19)14(11(2)3)12-8-6-5-7-9-12/h5-9,11,14H,4,10H2,1-3H3,(H,17,18). The van der Waals surface area contributed by atoms with Crippen LogP contribution in [0.4, 0.5) is 0 Å². The minimum atomic E-state index is -0.981. The Hall–Kier alpha value is -1.84. The zero-order valence-electron chi connectivity index (χ0n) is 11.7. The van der Waals surface area contributed by atoms with Crippen LogP contribution in [0.25, 0.3) is 0 Å². The molecule has 0 saturated carbocycles. The summed E-state index contributed by atoms with van der Waals surface area (Å²) in [6, 6.07) is 9.52. The molecule has 1 aromatic rings. The smallest absolute Gasteiger partial charge is 0.323 e. The first-order chi connectivity index (χ1) is 8.97. The normalized spacial score (nSPS) is 12.2. The summed E-state index contributed by atoms with van der Waals surface area (Å²) in [6.45, 7) is 5.91. The number of carbonyl (C=O) groups excluding carboxylic acids is 1. The van der Waals surface area contributed by atoms with Gasteiger partial charge in [0.05, 0.1) is 5.92 Å². The molecule has 0 radical (unpaired) electrons. The van der Waals surface area contributed by atoms with Crippen LogP contribution in [0.1, 0.15) is 32.3 Å². The number of likely N-dealkylation sites (N-methyl/N-ethyl adjacent to an activating group) is 1. The fourth-order valence-electron chi connectivity index (χ4n) is 2.18. The summed E-state index contributed by atoms with van der Waals surface area (Å²) in [6.07, 6.45) is 0. The maximum atomic E-state index is 12.5. The summed E-state index contributed by atoms with van der Waals surface area (Å²) < 4.78 is 0. The van der Waals surface area contributed by atoms with Crippen LogP contribution in [0.5, 0.6) is 0 Å². The molecule has 1 unspecified atom stereocenters. The van der Waals surface area contributed by atoms with E-state index in [0.717, 1.165) is 5.56 Å². The molecule has 19 heavy (non-hydrogen) atoms. The van der Waals surface area contributed by atoms with E-state index in [0.29, 0.717) is 6.54 Å². The first-order valence-electron chi connectivity index (χ1n) is 6.52. The monoisotopic (exact) mass is 263 g/mol. The third-order valence-electron chi connectivity index (χ3n) is 3.11. The lowest BCUT2D eigenvalue weighted by Crippen LogP contribution is -2.40. The molecule has 0 aromatic heterocycles. The molecule has 0 aliphatic carbocycles. The van der Waals surface area contributed by atoms with Gasteiger partial charge in [-0.1, -0.05) is 44.2 Å². The number of carboxylic acids is 1. The fourth-order valence-corrected chi connectivity index (χ4v) is 2.18. The zero-order valence-corrected chi connectivity index (χ0v) is 11.7. The van der Waals surface area contributed by atoms with E-state index in [2.05, 4.69) is 0 Å². The van der Waals surface area contributed by atoms with E-state index < -0.39 is 5.97 Å². The number of carbonyl (C=O) groups is 2. The predicted molar refractivity (Wildman–Crippen MR) is 73.9 cm³/mol. The SMILES string of the molecule is CCN(CC(=O)O)C(=O)C(c1ccccc1)C(C)C. The Labute approximate surface area is 114 Å². The van der Waals surface area contributed by atoms with E-state index in [-0.39, 0.29) is 24.3 Å². The van der Waals surface area contributed by atoms with E-state index in [1.54, 1.807) is 6.92 Å². The quantitative estimate of drug-likeness (QED) is 0.857. The maximum Gasteiger partial charge on any atom is 0.323 e. The summed E-state index contributed by atoms with van der Waals surface area (Å²) in [5.41, 5.74) is 0.936. The van der Waals surface area contributed by atoms with Crippen molar-refractivity contribution in [1.82, 2.24) is 4.90 Å². The second kappa shape index (κ2) is 6.92. The van der Waals surface area contributed by atoms with Crippen LogP contribution in [-0.2, 0) is 9.59 Å². The van der Waals surface area contributed by atoms with Gasteiger partial charge in [-0.05, 0) is 18.4 Å². The Balaban J connectivity index is 2.99. The van der Waals surface area contributed by atoms with Gasteiger partial charge in [-0.2, -0.15) is 0 Å². The summed E-state index contributed by atoms with van der Waals surface area (Å²) in [5.74, 6) is -1.27. The fraction of sp³-hybridized carbons (Fsp3) is 0.467. The van der Waals surface area contributed by atoms with E-state index >= 15 is 0 Å². The molecule has 0 spiro atoms. The van der Waals surface area contributed by atoms with Crippen LogP contribution in [0.15, 0.2) is 30.3 Å². The van der Waals surface area contributed by atoms with Gasteiger partial charge >= 0.3 is 5.97 Å². The Bertz CT molecular complexity index is 428. The highest BCUT2D eigenvalue weighted by Gasteiger charge is 2.28. The van der Waals surface area contributed by atoms with Gasteiger partial charge in [0.15, 0.2) is 0 Å². The molecule has 104 valence electrons. The van der Waals surface area contributed by atoms with Gasteiger partial charge in [-0.3, -0.25) is 9.59 Å². The molecular weight excluding hydrogens is 242 g/mol. The van der Waals surface area contributed by atoms with Crippen molar-refractivity contribution in [3.05, 3.63) is 35.9 Å². The molecule has 4 nitrogen and oxygen atoms in total. The van der Waals surface area contributed by atoms with Crippen LogP contribution in [0.2, 0.25) is 0 Å². The van der Waals surface area contributed by atoms with Crippen LogP contribution < -0.4 is 0 Å². The molecule has 1 aromatic carbocycles. The largest absolute Gasteiger partial charge is 0.480 e. The van der Waals surface area contributed by atoms with Gasteiger partial charge in [0.25, 0.3) is 0 Å². The highest BCUT2D eigenvalue weighted by molar-refractivity contribution is 5.87. The second-order valence-corrected chi connectivity index (χ2v) is 4.88. The van der Waals surface area contributed by atoms with Gasteiger partial charge in [0.1, 0.15) is 6.54 Å². The van der Waals surface area contributed by atoms with Crippen molar-refractivity contribution in [2.24, 2.45) is 5.92 Å². The second-order valence-electron chi connectivity index (χ2n) is 4.88.